The number of fused-ring (bicyclic) bond motifs is 1. The number of benzene rings is 1. The van der Waals surface area contributed by atoms with E-state index in [1.165, 1.54) is 7.11 Å². The molecule has 5 nitrogen and oxygen atoms in total. The van der Waals surface area contributed by atoms with Crippen LogP contribution in [0.2, 0.25) is 0 Å². The monoisotopic (exact) mass is 315 g/mol. The molecule has 23 heavy (non-hydrogen) atoms. The van der Waals surface area contributed by atoms with Crippen molar-refractivity contribution in [2.45, 2.75) is 45.8 Å². The predicted molar refractivity (Wildman–Crippen MR) is 90.1 cm³/mol. The summed E-state index contributed by atoms with van der Waals surface area (Å²) in [6, 6.07) is 5.84. The number of aryl methyl sites for hydroxylation is 1. The second-order valence-corrected chi connectivity index (χ2v) is 7.01. The van der Waals surface area contributed by atoms with E-state index in [4.69, 9.17) is 14.0 Å². The number of hydrogen-bond donors (Lipinski definition) is 1. The lowest BCUT2D eigenvalue weighted by Gasteiger charge is -2.32. The Balaban J connectivity index is 2.06. The van der Waals surface area contributed by atoms with Crippen molar-refractivity contribution in [3.05, 3.63) is 29.5 Å². The van der Waals surface area contributed by atoms with Gasteiger partial charge in [-0.3, -0.25) is 0 Å². The molecule has 122 valence electrons. The Hall–Kier alpha value is -1.79. The lowest BCUT2D eigenvalue weighted by Crippen LogP contribution is -2.41. The van der Waals surface area contributed by atoms with Crippen molar-refractivity contribution < 1.29 is 18.8 Å². The zero-order valence-corrected chi connectivity index (χ0v) is 14.4. The summed E-state index contributed by atoms with van der Waals surface area (Å²) in [4.78, 5) is 15.3. The molecule has 1 fully saturated rings. The van der Waals surface area contributed by atoms with Crippen molar-refractivity contribution in [1.82, 2.24) is 4.98 Å². The number of aromatic nitrogens is 1. The first-order valence-corrected chi connectivity index (χ1v) is 7.72. The molecule has 0 saturated carbocycles. The van der Waals surface area contributed by atoms with Gasteiger partial charge in [-0.25, -0.2) is 4.79 Å². The van der Waals surface area contributed by atoms with Gasteiger partial charge in [-0.1, -0.05) is 12.1 Å². The minimum atomic E-state index is -0.454. The highest BCUT2D eigenvalue weighted by Gasteiger charge is 2.51. The number of ether oxygens (including phenoxy) is 1. The Morgan fingerprint density at radius 1 is 1.17 bits per heavy atom. The molecular weight excluding hydrogens is 293 g/mol. The van der Waals surface area contributed by atoms with Crippen LogP contribution < -0.4 is 5.46 Å². The molecule has 2 aromatic rings. The predicted octanol–water partition coefficient (Wildman–Crippen LogP) is 2.56. The largest absolute Gasteiger partial charge is 0.494 e. The van der Waals surface area contributed by atoms with E-state index in [0.717, 1.165) is 22.1 Å². The van der Waals surface area contributed by atoms with Gasteiger partial charge in [-0.2, -0.15) is 0 Å². The number of hydrogen-bond acceptors (Lipinski definition) is 4. The van der Waals surface area contributed by atoms with Crippen molar-refractivity contribution >= 4 is 29.5 Å². The Kier molecular flexibility index (Phi) is 3.57. The molecule has 0 spiro atoms. The first-order chi connectivity index (χ1) is 10.7. The molecule has 1 aromatic carbocycles. The molecule has 1 aliphatic rings. The number of methoxy groups -OCH3 is 1. The molecule has 0 bridgehead atoms. The Morgan fingerprint density at radius 3 is 2.35 bits per heavy atom. The highest BCUT2D eigenvalue weighted by Crippen LogP contribution is 2.36. The lowest BCUT2D eigenvalue weighted by molar-refractivity contribution is 0.00578. The second kappa shape index (κ2) is 5.11. The van der Waals surface area contributed by atoms with Gasteiger partial charge in [0.05, 0.1) is 23.9 Å². The number of H-pyrrole nitrogens is 1. The van der Waals surface area contributed by atoms with Gasteiger partial charge in [-0.15, -0.1) is 0 Å². The average Bonchev–Trinajstić information content (AvgIpc) is 2.90. The van der Waals surface area contributed by atoms with Gasteiger partial charge in [-0.05, 0) is 46.1 Å². The SMILES string of the molecule is COC(=O)c1c(C)[nH]c2ccc(B3OC(C)(C)C(C)(C)O3)cc12. The number of aromatic amines is 1. The normalized spacial score (nSPS) is 19.3. The van der Waals surface area contributed by atoms with Gasteiger partial charge in [0.25, 0.3) is 0 Å². The maximum absolute atomic E-state index is 12.0. The first-order valence-electron chi connectivity index (χ1n) is 7.72. The van der Waals surface area contributed by atoms with Crippen LogP contribution in [0.15, 0.2) is 18.2 Å². The summed E-state index contributed by atoms with van der Waals surface area (Å²) in [5.74, 6) is -0.347. The number of esters is 1. The van der Waals surface area contributed by atoms with Crippen LogP contribution in [-0.2, 0) is 14.0 Å². The second-order valence-electron chi connectivity index (χ2n) is 7.01. The fraction of sp³-hybridized carbons (Fsp3) is 0.471. The van der Waals surface area contributed by atoms with Gasteiger partial charge in [0.1, 0.15) is 0 Å². The quantitative estimate of drug-likeness (QED) is 0.683. The van der Waals surface area contributed by atoms with Crippen LogP contribution in [0.25, 0.3) is 10.9 Å². The Labute approximate surface area is 136 Å². The molecule has 0 aliphatic carbocycles. The molecule has 1 N–H and O–H groups in total. The van der Waals surface area contributed by atoms with E-state index in [1.54, 1.807) is 0 Å². The zero-order valence-electron chi connectivity index (χ0n) is 14.4. The maximum atomic E-state index is 12.0. The number of rotatable bonds is 2. The Morgan fingerprint density at radius 2 is 1.78 bits per heavy atom. The standard InChI is InChI=1S/C17H22BNO4/c1-10-14(15(20)21-6)12-9-11(7-8-13(12)19-10)18-22-16(2,3)17(4,5)23-18/h7-9,19H,1-6H3. The van der Waals surface area contributed by atoms with E-state index < -0.39 is 18.3 Å². The van der Waals surface area contributed by atoms with Gasteiger partial charge >= 0.3 is 13.1 Å². The summed E-state index contributed by atoms with van der Waals surface area (Å²) in [6.45, 7) is 9.94. The van der Waals surface area contributed by atoms with Crippen molar-refractivity contribution in [2.75, 3.05) is 7.11 Å². The molecule has 6 heteroatoms. The molecule has 0 amide bonds. The summed E-state index contributed by atoms with van der Waals surface area (Å²) in [7, 11) is 0.934. The van der Waals surface area contributed by atoms with Gasteiger partial charge < -0.3 is 19.0 Å². The van der Waals surface area contributed by atoms with Crippen molar-refractivity contribution in [1.29, 1.82) is 0 Å². The summed E-state index contributed by atoms with van der Waals surface area (Å²) in [5, 5.41) is 0.821. The molecule has 0 unspecified atom stereocenters. The summed E-state index contributed by atoms with van der Waals surface area (Å²) in [5.41, 5.74) is 2.33. The highest BCUT2D eigenvalue weighted by molar-refractivity contribution is 6.62. The van der Waals surface area contributed by atoms with Crippen molar-refractivity contribution in [3.8, 4) is 0 Å². The first kappa shape index (κ1) is 16.1. The van der Waals surface area contributed by atoms with Crippen LogP contribution in [0.5, 0.6) is 0 Å². The number of nitrogens with one attached hydrogen (secondary N) is 1. The van der Waals surface area contributed by atoms with Gasteiger partial charge in [0, 0.05) is 16.6 Å². The molecule has 3 rings (SSSR count). The highest BCUT2D eigenvalue weighted by atomic mass is 16.7. The molecule has 0 atom stereocenters. The van der Waals surface area contributed by atoms with Crippen LogP contribution in [0, 0.1) is 6.92 Å². The molecule has 1 aliphatic heterocycles. The molecular formula is C17H22BNO4. The van der Waals surface area contributed by atoms with Crippen LogP contribution in [0.3, 0.4) is 0 Å². The van der Waals surface area contributed by atoms with Crippen LogP contribution in [-0.4, -0.2) is 36.4 Å². The molecule has 1 saturated heterocycles. The van der Waals surface area contributed by atoms with Gasteiger partial charge in [0.2, 0.25) is 0 Å². The van der Waals surface area contributed by atoms with E-state index in [9.17, 15) is 4.79 Å². The van der Waals surface area contributed by atoms with Crippen molar-refractivity contribution in [2.24, 2.45) is 0 Å². The fourth-order valence-corrected chi connectivity index (χ4v) is 2.84. The summed E-state index contributed by atoms with van der Waals surface area (Å²) >= 11 is 0. The van der Waals surface area contributed by atoms with E-state index in [1.807, 2.05) is 52.8 Å². The molecule has 2 heterocycles. The van der Waals surface area contributed by atoms with Gasteiger partial charge in [0.15, 0.2) is 0 Å². The maximum Gasteiger partial charge on any atom is 0.494 e. The molecule has 1 aromatic heterocycles. The van der Waals surface area contributed by atoms with Crippen LogP contribution in [0.1, 0.15) is 43.7 Å². The van der Waals surface area contributed by atoms with E-state index in [0.29, 0.717) is 5.56 Å². The van der Waals surface area contributed by atoms with E-state index in [2.05, 4.69) is 4.98 Å². The van der Waals surface area contributed by atoms with Crippen LogP contribution >= 0.6 is 0 Å². The zero-order chi connectivity index (χ0) is 17.0. The van der Waals surface area contributed by atoms with E-state index >= 15 is 0 Å². The third-order valence-corrected chi connectivity index (χ3v) is 4.93. The summed E-state index contributed by atoms with van der Waals surface area (Å²) < 4.78 is 17.1. The number of carbonyl (C=O) groups excluding carboxylic acids is 1. The molecule has 0 radical (unpaired) electrons. The summed E-state index contributed by atoms with van der Waals surface area (Å²) in [6.07, 6.45) is 0. The topological polar surface area (TPSA) is 60.6 Å². The fourth-order valence-electron chi connectivity index (χ4n) is 2.84. The minimum absolute atomic E-state index is 0.347. The Bertz CT molecular complexity index is 762. The third-order valence-electron chi connectivity index (χ3n) is 4.93. The average molecular weight is 315 g/mol. The number of carbonyl (C=O) groups is 1. The lowest BCUT2D eigenvalue weighted by atomic mass is 9.78. The van der Waals surface area contributed by atoms with Crippen LogP contribution in [0.4, 0.5) is 0 Å². The van der Waals surface area contributed by atoms with Crippen molar-refractivity contribution in [3.63, 3.8) is 0 Å². The smallest absolute Gasteiger partial charge is 0.465 e. The van der Waals surface area contributed by atoms with E-state index in [-0.39, 0.29) is 5.97 Å². The third kappa shape index (κ3) is 2.46. The minimum Gasteiger partial charge on any atom is -0.465 e.